The van der Waals surface area contributed by atoms with Crippen molar-refractivity contribution < 1.29 is 9.72 Å². The maximum absolute atomic E-state index is 12.5. The second-order valence-electron chi connectivity index (χ2n) is 6.81. The van der Waals surface area contributed by atoms with Crippen molar-refractivity contribution in [3.8, 4) is 0 Å². The monoisotopic (exact) mass is 302 g/mol. The zero-order valence-corrected chi connectivity index (χ0v) is 13.0. The Labute approximate surface area is 130 Å². The summed E-state index contributed by atoms with van der Waals surface area (Å²) in [5.74, 6) is 1.94. The summed E-state index contributed by atoms with van der Waals surface area (Å²) >= 11 is 0. The van der Waals surface area contributed by atoms with Gasteiger partial charge in [0.25, 0.3) is 11.6 Å². The molecule has 1 amide bonds. The van der Waals surface area contributed by atoms with E-state index in [0.717, 1.165) is 11.8 Å². The molecule has 0 aromatic heterocycles. The predicted octanol–water partition coefficient (Wildman–Crippen LogP) is 3.46. The lowest BCUT2D eigenvalue weighted by Crippen LogP contribution is -2.40. The number of fused-ring (bicyclic) bond motifs is 2. The van der Waals surface area contributed by atoms with E-state index >= 15 is 0 Å². The minimum absolute atomic E-state index is 0.000210. The molecule has 0 saturated heterocycles. The molecule has 1 N–H and O–H groups in total. The maximum Gasteiger partial charge on any atom is 0.273 e. The normalized spacial score (nSPS) is 27.6. The summed E-state index contributed by atoms with van der Waals surface area (Å²) in [5.41, 5.74) is 0.842. The minimum Gasteiger partial charge on any atom is -0.349 e. The van der Waals surface area contributed by atoms with Crippen LogP contribution >= 0.6 is 0 Å². The molecule has 1 aromatic carbocycles. The fraction of sp³-hybridized carbons (Fsp3) is 0.588. The van der Waals surface area contributed by atoms with Gasteiger partial charge in [-0.1, -0.05) is 12.5 Å². The number of nitrogens with one attached hydrogen (secondary N) is 1. The average Bonchev–Trinajstić information content (AvgIpc) is 3.09. The van der Waals surface area contributed by atoms with Gasteiger partial charge in [0.2, 0.25) is 0 Å². The Balaban J connectivity index is 1.72. The zero-order chi connectivity index (χ0) is 15.9. The summed E-state index contributed by atoms with van der Waals surface area (Å²) in [4.78, 5) is 23.0. The summed E-state index contributed by atoms with van der Waals surface area (Å²) in [6.07, 6.45) is 5.14. The van der Waals surface area contributed by atoms with E-state index < -0.39 is 4.92 Å². The second-order valence-corrected chi connectivity index (χ2v) is 6.81. The first-order chi connectivity index (χ1) is 10.5. The Bertz CT molecular complexity index is 614. The van der Waals surface area contributed by atoms with Crippen LogP contribution < -0.4 is 5.32 Å². The molecule has 0 unspecified atom stereocenters. The summed E-state index contributed by atoms with van der Waals surface area (Å²) < 4.78 is 0. The molecule has 4 atom stereocenters. The summed E-state index contributed by atoms with van der Waals surface area (Å²) in [6.45, 7) is 3.70. The quantitative estimate of drug-likeness (QED) is 0.684. The van der Waals surface area contributed by atoms with Gasteiger partial charge in [0.15, 0.2) is 0 Å². The van der Waals surface area contributed by atoms with E-state index in [1.54, 1.807) is 19.1 Å². The number of benzene rings is 1. The van der Waals surface area contributed by atoms with Gasteiger partial charge >= 0.3 is 0 Å². The van der Waals surface area contributed by atoms with Crippen LogP contribution in [0.2, 0.25) is 0 Å². The number of carbonyl (C=O) groups is 1. The van der Waals surface area contributed by atoms with E-state index in [1.165, 1.54) is 31.7 Å². The maximum atomic E-state index is 12.5. The second kappa shape index (κ2) is 5.71. The Morgan fingerprint density at radius 3 is 2.73 bits per heavy atom. The van der Waals surface area contributed by atoms with E-state index in [2.05, 4.69) is 12.2 Å². The first-order valence-electron chi connectivity index (χ1n) is 8.02. The molecule has 2 saturated carbocycles. The van der Waals surface area contributed by atoms with E-state index in [4.69, 9.17) is 0 Å². The minimum atomic E-state index is -0.439. The van der Waals surface area contributed by atoms with Crippen molar-refractivity contribution >= 4 is 11.6 Å². The highest BCUT2D eigenvalue weighted by molar-refractivity contribution is 5.96. The molecule has 2 bridgehead atoms. The van der Waals surface area contributed by atoms with Gasteiger partial charge in [-0.15, -0.1) is 0 Å². The third-order valence-corrected chi connectivity index (χ3v) is 5.54. The largest absolute Gasteiger partial charge is 0.349 e. The fourth-order valence-electron chi connectivity index (χ4n) is 4.37. The Kier molecular flexibility index (Phi) is 3.89. The average molecular weight is 302 g/mol. The summed E-state index contributed by atoms with van der Waals surface area (Å²) in [6, 6.07) is 4.79. The molecule has 118 valence electrons. The third-order valence-electron chi connectivity index (χ3n) is 5.54. The van der Waals surface area contributed by atoms with Gasteiger partial charge < -0.3 is 5.32 Å². The Morgan fingerprint density at radius 2 is 2.14 bits per heavy atom. The van der Waals surface area contributed by atoms with Crippen LogP contribution in [0.15, 0.2) is 18.2 Å². The van der Waals surface area contributed by atoms with Crippen LogP contribution in [-0.4, -0.2) is 16.9 Å². The number of amides is 1. The number of rotatable bonds is 4. The molecule has 2 fully saturated rings. The van der Waals surface area contributed by atoms with Crippen LogP contribution in [-0.2, 0) is 0 Å². The first kappa shape index (κ1) is 15.0. The Hall–Kier alpha value is -1.91. The molecule has 1 aromatic rings. The van der Waals surface area contributed by atoms with Crippen molar-refractivity contribution in [2.24, 2.45) is 17.8 Å². The van der Waals surface area contributed by atoms with Crippen molar-refractivity contribution in [2.75, 3.05) is 0 Å². The van der Waals surface area contributed by atoms with E-state index in [1.807, 2.05) is 0 Å². The molecule has 0 heterocycles. The molecule has 5 nitrogen and oxygen atoms in total. The van der Waals surface area contributed by atoms with E-state index in [-0.39, 0.29) is 17.6 Å². The van der Waals surface area contributed by atoms with Crippen LogP contribution in [0.4, 0.5) is 5.69 Å². The van der Waals surface area contributed by atoms with Gasteiger partial charge in [-0.2, -0.15) is 0 Å². The zero-order valence-electron chi connectivity index (χ0n) is 13.0. The predicted molar refractivity (Wildman–Crippen MR) is 83.7 cm³/mol. The highest BCUT2D eigenvalue weighted by Crippen LogP contribution is 2.49. The number of nitro groups is 1. The van der Waals surface area contributed by atoms with Crippen molar-refractivity contribution in [1.82, 2.24) is 5.32 Å². The van der Waals surface area contributed by atoms with Crippen molar-refractivity contribution in [3.63, 3.8) is 0 Å². The smallest absolute Gasteiger partial charge is 0.273 e. The standard InChI is InChI=1S/C17H22N2O3/c1-10-14(4-3-5-16(10)19(21)22)17(20)18-11(2)15-9-12-6-7-13(15)8-12/h3-5,11-13,15H,6-9H2,1-2H3,(H,18,20)/t11-,12-,13-,15-/m0/s1. The van der Waals surface area contributed by atoms with Gasteiger partial charge in [-0.05, 0) is 56.9 Å². The molecular weight excluding hydrogens is 280 g/mol. The van der Waals surface area contributed by atoms with Gasteiger partial charge in [0.1, 0.15) is 0 Å². The molecule has 5 heteroatoms. The van der Waals surface area contributed by atoms with Crippen molar-refractivity contribution in [3.05, 3.63) is 39.4 Å². The number of nitro benzene ring substituents is 1. The fourth-order valence-corrected chi connectivity index (χ4v) is 4.37. The first-order valence-corrected chi connectivity index (χ1v) is 8.02. The topological polar surface area (TPSA) is 72.2 Å². The molecule has 22 heavy (non-hydrogen) atoms. The number of hydrogen-bond donors (Lipinski definition) is 1. The van der Waals surface area contributed by atoms with E-state index in [9.17, 15) is 14.9 Å². The van der Waals surface area contributed by atoms with Gasteiger partial charge in [0, 0.05) is 23.2 Å². The molecule has 0 aliphatic heterocycles. The van der Waals surface area contributed by atoms with Gasteiger partial charge in [-0.3, -0.25) is 14.9 Å². The van der Waals surface area contributed by atoms with Crippen LogP contribution in [0.5, 0.6) is 0 Å². The summed E-state index contributed by atoms with van der Waals surface area (Å²) in [5, 5.41) is 14.1. The number of carbonyl (C=O) groups excluding carboxylic acids is 1. The van der Waals surface area contributed by atoms with Crippen molar-refractivity contribution in [2.45, 2.75) is 45.6 Å². The van der Waals surface area contributed by atoms with Crippen molar-refractivity contribution in [1.29, 1.82) is 0 Å². The van der Waals surface area contributed by atoms with Gasteiger partial charge in [0.05, 0.1) is 4.92 Å². The van der Waals surface area contributed by atoms with Crippen LogP contribution in [0.25, 0.3) is 0 Å². The highest BCUT2D eigenvalue weighted by Gasteiger charge is 2.42. The van der Waals surface area contributed by atoms with Crippen LogP contribution in [0.1, 0.15) is 48.5 Å². The number of nitrogens with zero attached hydrogens (tertiary/aromatic N) is 1. The lowest BCUT2D eigenvalue weighted by molar-refractivity contribution is -0.385. The lowest BCUT2D eigenvalue weighted by atomic mass is 9.84. The van der Waals surface area contributed by atoms with E-state index in [0.29, 0.717) is 17.0 Å². The van der Waals surface area contributed by atoms with Crippen LogP contribution in [0.3, 0.4) is 0 Å². The summed E-state index contributed by atoms with van der Waals surface area (Å²) in [7, 11) is 0. The molecule has 2 aliphatic rings. The molecule has 2 aliphatic carbocycles. The molecule has 3 rings (SSSR count). The molecule has 0 spiro atoms. The Morgan fingerprint density at radius 1 is 1.36 bits per heavy atom. The third kappa shape index (κ3) is 2.60. The SMILES string of the molecule is Cc1c(C(=O)N[C@@H](C)[C@@H]2C[C@H]3CC[C@H]2C3)cccc1[N+](=O)[O-]. The highest BCUT2D eigenvalue weighted by atomic mass is 16.6. The lowest BCUT2D eigenvalue weighted by Gasteiger charge is -2.28. The molecular formula is C17H22N2O3. The number of hydrogen-bond acceptors (Lipinski definition) is 3. The van der Waals surface area contributed by atoms with Crippen LogP contribution in [0, 0.1) is 34.8 Å². The molecule has 0 radical (unpaired) electrons. The van der Waals surface area contributed by atoms with Gasteiger partial charge in [-0.25, -0.2) is 0 Å².